The molecule has 0 aliphatic carbocycles. The maximum atomic E-state index is 5.10. The number of thiophene rings is 2. The number of fused-ring (bicyclic) bond motifs is 7. The molecule has 0 radical (unpaired) electrons. The van der Waals surface area contributed by atoms with E-state index in [4.69, 9.17) is 4.98 Å². The first-order chi connectivity index (χ1) is 21.3. The number of pyridine rings is 1. The molecule has 0 saturated carbocycles. The standard InChI is InChI=1S/C39H24N2S2/c1-4-12-25(13-5-1)32-23-28(24-33(40-32)26-14-6-2-7-15-26)27-20-21-35-31(22-27)36-37-38(43-39(36)42-35)30-18-10-11-19-34(30)41(37)29-16-8-3-9-17-29/h1-24H. The van der Waals surface area contributed by atoms with Crippen LogP contribution in [0, 0.1) is 0 Å². The largest absolute Gasteiger partial charge is 0.308 e. The summed E-state index contributed by atoms with van der Waals surface area (Å²) in [5, 5.41) is 3.97. The molecule has 0 fully saturated rings. The van der Waals surface area contributed by atoms with Crippen LogP contribution in [-0.2, 0) is 0 Å². The molecule has 0 amide bonds. The average Bonchev–Trinajstić information content (AvgIpc) is 3.72. The van der Waals surface area contributed by atoms with E-state index in [9.17, 15) is 0 Å². The fraction of sp³-hybridized carbons (Fsp3) is 0. The van der Waals surface area contributed by atoms with E-state index in [2.05, 4.69) is 150 Å². The van der Waals surface area contributed by atoms with Crippen molar-refractivity contribution in [2.45, 2.75) is 0 Å². The van der Waals surface area contributed by atoms with E-state index in [0.717, 1.165) is 22.5 Å². The van der Waals surface area contributed by atoms with Crippen molar-refractivity contribution in [3.05, 3.63) is 146 Å². The van der Waals surface area contributed by atoms with Crippen LogP contribution < -0.4 is 0 Å². The minimum absolute atomic E-state index is 0.981. The van der Waals surface area contributed by atoms with Gasteiger partial charge in [0.1, 0.15) is 0 Å². The van der Waals surface area contributed by atoms with Gasteiger partial charge in [0.05, 0.1) is 31.1 Å². The van der Waals surface area contributed by atoms with E-state index >= 15 is 0 Å². The van der Waals surface area contributed by atoms with Crippen molar-refractivity contribution >= 4 is 63.3 Å². The van der Waals surface area contributed by atoms with Gasteiger partial charge in [-0.3, -0.25) is 0 Å². The molecule has 9 rings (SSSR count). The third-order valence-corrected chi connectivity index (χ3v) is 10.7. The zero-order valence-electron chi connectivity index (χ0n) is 23.1. The van der Waals surface area contributed by atoms with Crippen LogP contribution in [0.3, 0.4) is 0 Å². The van der Waals surface area contributed by atoms with E-state index in [1.165, 1.54) is 57.4 Å². The van der Waals surface area contributed by atoms with E-state index < -0.39 is 0 Å². The van der Waals surface area contributed by atoms with Gasteiger partial charge < -0.3 is 4.57 Å². The van der Waals surface area contributed by atoms with Crippen molar-refractivity contribution in [3.63, 3.8) is 0 Å². The van der Waals surface area contributed by atoms with Crippen molar-refractivity contribution in [1.82, 2.24) is 9.55 Å². The highest BCUT2D eigenvalue weighted by Crippen LogP contribution is 2.49. The molecular weight excluding hydrogens is 561 g/mol. The molecule has 0 unspecified atom stereocenters. The smallest absolute Gasteiger partial charge is 0.0906 e. The molecule has 4 aromatic heterocycles. The van der Waals surface area contributed by atoms with Gasteiger partial charge in [-0.2, -0.15) is 0 Å². The predicted octanol–water partition coefficient (Wildman–Crippen LogP) is 11.6. The molecule has 202 valence electrons. The summed E-state index contributed by atoms with van der Waals surface area (Å²) in [6, 6.07) is 52.0. The number of hydrogen-bond donors (Lipinski definition) is 0. The van der Waals surface area contributed by atoms with Crippen molar-refractivity contribution in [1.29, 1.82) is 0 Å². The Morgan fingerprint density at radius 1 is 0.488 bits per heavy atom. The Balaban J connectivity index is 1.32. The zero-order chi connectivity index (χ0) is 28.3. The summed E-state index contributed by atoms with van der Waals surface area (Å²) in [5.41, 5.74) is 10.3. The van der Waals surface area contributed by atoms with E-state index in [1.807, 2.05) is 22.7 Å². The number of nitrogens with zero attached hydrogens (tertiary/aromatic N) is 2. The van der Waals surface area contributed by atoms with Gasteiger partial charge in [-0.15, -0.1) is 22.7 Å². The fourth-order valence-electron chi connectivity index (χ4n) is 6.24. The van der Waals surface area contributed by atoms with Gasteiger partial charge in [0, 0.05) is 37.7 Å². The summed E-state index contributed by atoms with van der Waals surface area (Å²) >= 11 is 3.82. The topological polar surface area (TPSA) is 17.8 Å². The molecule has 0 spiro atoms. The average molecular weight is 585 g/mol. The van der Waals surface area contributed by atoms with Gasteiger partial charge >= 0.3 is 0 Å². The van der Waals surface area contributed by atoms with Crippen molar-refractivity contribution in [3.8, 4) is 39.3 Å². The Labute approximate surface area is 256 Å². The quantitative estimate of drug-likeness (QED) is 0.201. The first kappa shape index (κ1) is 24.6. The Hall–Kier alpha value is -5.03. The SMILES string of the molecule is c1ccc(-c2cc(-c3ccc4sc5sc6c7ccccc7n(-c7ccccc7)c6c5c4c3)cc(-c3ccccc3)n2)cc1. The third kappa shape index (κ3) is 3.95. The second-order valence-electron chi connectivity index (χ2n) is 10.8. The van der Waals surface area contributed by atoms with Crippen LogP contribution in [0.15, 0.2) is 146 Å². The minimum atomic E-state index is 0.981. The van der Waals surface area contributed by atoms with Gasteiger partial charge in [-0.25, -0.2) is 4.98 Å². The Morgan fingerprint density at radius 3 is 1.81 bits per heavy atom. The highest BCUT2D eigenvalue weighted by molar-refractivity contribution is 7.45. The van der Waals surface area contributed by atoms with Crippen LogP contribution in [0.4, 0.5) is 0 Å². The van der Waals surface area contributed by atoms with Gasteiger partial charge in [0.15, 0.2) is 0 Å². The molecule has 5 aromatic carbocycles. The number of rotatable bonds is 4. The fourth-order valence-corrected chi connectivity index (χ4v) is 8.91. The summed E-state index contributed by atoms with van der Waals surface area (Å²) < 4.78 is 6.50. The number of para-hydroxylation sites is 2. The van der Waals surface area contributed by atoms with Crippen molar-refractivity contribution < 1.29 is 0 Å². The summed E-state index contributed by atoms with van der Waals surface area (Å²) in [5.74, 6) is 0. The highest BCUT2D eigenvalue weighted by atomic mass is 32.2. The monoisotopic (exact) mass is 584 g/mol. The Bertz CT molecular complexity index is 2380. The first-order valence-corrected chi connectivity index (χ1v) is 16.0. The molecule has 4 heterocycles. The normalized spacial score (nSPS) is 11.7. The first-order valence-electron chi connectivity index (χ1n) is 14.4. The molecule has 0 saturated heterocycles. The molecule has 43 heavy (non-hydrogen) atoms. The van der Waals surface area contributed by atoms with E-state index in [0.29, 0.717) is 0 Å². The molecule has 0 N–H and O–H groups in total. The Morgan fingerprint density at radius 2 is 1.12 bits per heavy atom. The summed E-state index contributed by atoms with van der Waals surface area (Å²) in [6.07, 6.45) is 0. The molecular formula is C39H24N2S2. The molecule has 0 bridgehead atoms. The summed E-state index contributed by atoms with van der Waals surface area (Å²) in [7, 11) is 0. The summed E-state index contributed by atoms with van der Waals surface area (Å²) in [6.45, 7) is 0. The molecule has 4 heteroatoms. The zero-order valence-corrected chi connectivity index (χ0v) is 24.7. The van der Waals surface area contributed by atoms with E-state index in [-0.39, 0.29) is 0 Å². The third-order valence-electron chi connectivity index (χ3n) is 8.23. The second-order valence-corrected chi connectivity index (χ2v) is 13.1. The van der Waals surface area contributed by atoms with Gasteiger partial charge in [-0.05, 0) is 53.6 Å². The van der Waals surface area contributed by atoms with Gasteiger partial charge in [0.25, 0.3) is 0 Å². The van der Waals surface area contributed by atoms with Gasteiger partial charge in [0.2, 0.25) is 0 Å². The lowest BCUT2D eigenvalue weighted by Gasteiger charge is -2.11. The lowest BCUT2D eigenvalue weighted by molar-refractivity contribution is 1.19. The number of aromatic nitrogens is 2. The second kappa shape index (κ2) is 9.77. The van der Waals surface area contributed by atoms with E-state index in [1.54, 1.807) is 0 Å². The van der Waals surface area contributed by atoms with Crippen molar-refractivity contribution in [2.75, 3.05) is 0 Å². The van der Waals surface area contributed by atoms with Crippen molar-refractivity contribution in [2.24, 2.45) is 0 Å². The molecule has 2 nitrogen and oxygen atoms in total. The molecule has 0 atom stereocenters. The van der Waals surface area contributed by atoms with Crippen LogP contribution in [-0.4, -0.2) is 9.55 Å². The van der Waals surface area contributed by atoms with Crippen LogP contribution in [0.1, 0.15) is 0 Å². The highest BCUT2D eigenvalue weighted by Gasteiger charge is 2.21. The maximum Gasteiger partial charge on any atom is 0.0906 e. The molecule has 0 aliphatic rings. The van der Waals surface area contributed by atoms with Crippen LogP contribution >= 0.6 is 22.7 Å². The predicted molar refractivity (Wildman–Crippen MR) is 186 cm³/mol. The number of benzene rings is 5. The Kier molecular flexibility index (Phi) is 5.58. The lowest BCUT2D eigenvalue weighted by Crippen LogP contribution is -1.92. The van der Waals surface area contributed by atoms with Crippen LogP contribution in [0.5, 0.6) is 0 Å². The number of hydrogen-bond acceptors (Lipinski definition) is 3. The van der Waals surface area contributed by atoms with Crippen LogP contribution in [0.25, 0.3) is 79.9 Å². The van der Waals surface area contributed by atoms with Gasteiger partial charge in [-0.1, -0.05) is 103 Å². The molecule has 9 aromatic rings. The summed E-state index contributed by atoms with van der Waals surface area (Å²) in [4.78, 5) is 5.10. The van der Waals surface area contributed by atoms with Crippen LogP contribution in [0.2, 0.25) is 0 Å². The lowest BCUT2D eigenvalue weighted by atomic mass is 9.99. The molecule has 0 aliphatic heterocycles. The minimum Gasteiger partial charge on any atom is -0.308 e. The maximum absolute atomic E-state index is 5.10.